The van der Waals surface area contributed by atoms with Crippen molar-refractivity contribution in [2.45, 2.75) is 18.5 Å². The Morgan fingerprint density at radius 3 is 2.00 bits per heavy atom. The van der Waals surface area contributed by atoms with Crippen molar-refractivity contribution in [3.8, 4) is 5.69 Å². The molecule has 0 aliphatic heterocycles. The van der Waals surface area contributed by atoms with Gasteiger partial charge < -0.3 is 5.11 Å². The molecule has 126 valence electrons. The van der Waals surface area contributed by atoms with Gasteiger partial charge in [0.2, 0.25) is 0 Å². The standard InChI is InChI=1S/C12H6Cl2F6N2O/c13-7-1-6(11(15,16)17)2-8(14)9(7)22-4-5(3-21-22)10(23)12(18,19)20/h1-4,10,23H. The molecule has 1 N–H and O–H groups in total. The van der Waals surface area contributed by atoms with Crippen LogP contribution in [0.4, 0.5) is 26.3 Å². The Morgan fingerprint density at radius 2 is 1.57 bits per heavy atom. The number of aliphatic hydroxyl groups excluding tert-OH is 1. The predicted molar refractivity (Wildman–Crippen MR) is 69.6 cm³/mol. The minimum atomic E-state index is -4.92. The second-order valence-corrected chi connectivity index (χ2v) is 5.26. The van der Waals surface area contributed by atoms with Gasteiger partial charge in [-0.25, -0.2) is 4.68 Å². The maximum absolute atomic E-state index is 12.6. The number of aliphatic hydroxyl groups is 1. The van der Waals surface area contributed by atoms with Gasteiger partial charge in [-0.05, 0) is 12.1 Å². The van der Waals surface area contributed by atoms with Crippen LogP contribution in [0, 0.1) is 0 Å². The van der Waals surface area contributed by atoms with Gasteiger partial charge in [0, 0.05) is 11.8 Å². The van der Waals surface area contributed by atoms with Gasteiger partial charge in [-0.3, -0.25) is 0 Å². The number of benzene rings is 1. The third-order valence-corrected chi connectivity index (χ3v) is 3.38. The van der Waals surface area contributed by atoms with Crippen LogP contribution in [0.5, 0.6) is 0 Å². The van der Waals surface area contributed by atoms with Gasteiger partial charge in [-0.1, -0.05) is 23.2 Å². The first-order valence-electron chi connectivity index (χ1n) is 5.77. The molecule has 23 heavy (non-hydrogen) atoms. The number of hydrogen-bond acceptors (Lipinski definition) is 2. The molecular formula is C12H6Cl2F6N2O. The Bertz CT molecular complexity index is 702. The van der Waals surface area contributed by atoms with Crippen LogP contribution in [0.2, 0.25) is 10.0 Å². The Balaban J connectivity index is 2.46. The van der Waals surface area contributed by atoms with Crippen molar-refractivity contribution >= 4 is 23.2 Å². The highest BCUT2D eigenvalue weighted by molar-refractivity contribution is 6.37. The van der Waals surface area contributed by atoms with Crippen LogP contribution in [0.15, 0.2) is 24.5 Å². The topological polar surface area (TPSA) is 38.1 Å². The van der Waals surface area contributed by atoms with E-state index in [0.717, 1.165) is 10.9 Å². The van der Waals surface area contributed by atoms with Crippen molar-refractivity contribution in [3.63, 3.8) is 0 Å². The minimum Gasteiger partial charge on any atom is -0.379 e. The molecule has 0 fully saturated rings. The Labute approximate surface area is 135 Å². The maximum Gasteiger partial charge on any atom is 0.418 e. The number of halogens is 8. The molecule has 1 aromatic heterocycles. The van der Waals surface area contributed by atoms with E-state index in [4.69, 9.17) is 28.3 Å². The summed E-state index contributed by atoms with van der Waals surface area (Å²) in [4.78, 5) is 0. The summed E-state index contributed by atoms with van der Waals surface area (Å²) in [7, 11) is 0. The van der Waals surface area contributed by atoms with Crippen molar-refractivity contribution in [1.82, 2.24) is 9.78 Å². The summed E-state index contributed by atoms with van der Waals surface area (Å²) in [6, 6.07) is 1.15. The summed E-state index contributed by atoms with van der Waals surface area (Å²) in [5.41, 5.74) is -1.95. The molecule has 1 unspecified atom stereocenters. The zero-order valence-electron chi connectivity index (χ0n) is 10.8. The lowest BCUT2D eigenvalue weighted by Gasteiger charge is -2.13. The Kier molecular flexibility index (Phi) is 4.57. The Hall–Kier alpha value is -1.45. The van der Waals surface area contributed by atoms with E-state index < -0.39 is 39.6 Å². The third-order valence-electron chi connectivity index (χ3n) is 2.80. The van der Waals surface area contributed by atoms with Crippen molar-refractivity contribution in [3.05, 3.63) is 45.7 Å². The van der Waals surface area contributed by atoms with E-state index in [-0.39, 0.29) is 5.69 Å². The largest absolute Gasteiger partial charge is 0.418 e. The van der Waals surface area contributed by atoms with E-state index in [9.17, 15) is 26.3 Å². The highest BCUT2D eigenvalue weighted by Crippen LogP contribution is 2.38. The molecule has 1 heterocycles. The first-order valence-corrected chi connectivity index (χ1v) is 6.53. The van der Waals surface area contributed by atoms with Crippen LogP contribution >= 0.6 is 23.2 Å². The molecule has 0 radical (unpaired) electrons. The average Bonchev–Trinajstić information content (AvgIpc) is 2.84. The predicted octanol–water partition coefficient (Wildman–Crippen LogP) is 4.79. The zero-order valence-corrected chi connectivity index (χ0v) is 12.3. The van der Waals surface area contributed by atoms with Crippen LogP contribution in [0.1, 0.15) is 17.2 Å². The fraction of sp³-hybridized carbons (Fsp3) is 0.250. The lowest BCUT2D eigenvalue weighted by atomic mass is 10.2. The summed E-state index contributed by atoms with van der Waals surface area (Å²) < 4.78 is 75.9. The summed E-state index contributed by atoms with van der Waals surface area (Å²) in [5.74, 6) is 0. The van der Waals surface area contributed by atoms with E-state index in [1.807, 2.05) is 0 Å². The Morgan fingerprint density at radius 1 is 1.04 bits per heavy atom. The van der Waals surface area contributed by atoms with Crippen LogP contribution in [-0.4, -0.2) is 21.1 Å². The quantitative estimate of drug-likeness (QED) is 0.762. The normalized spacial score (nSPS) is 14.1. The van der Waals surface area contributed by atoms with Crippen molar-refractivity contribution in [2.75, 3.05) is 0 Å². The van der Waals surface area contributed by atoms with E-state index in [1.54, 1.807) is 0 Å². The SMILES string of the molecule is OC(c1cnn(-c2c(Cl)cc(C(F)(F)F)cc2Cl)c1)C(F)(F)F. The second-order valence-electron chi connectivity index (χ2n) is 4.45. The molecular weight excluding hydrogens is 373 g/mol. The third kappa shape index (κ3) is 3.73. The molecule has 0 saturated carbocycles. The lowest BCUT2D eigenvalue weighted by molar-refractivity contribution is -0.206. The van der Waals surface area contributed by atoms with Gasteiger partial charge in [0.05, 0.1) is 21.8 Å². The molecule has 0 amide bonds. The number of rotatable bonds is 2. The highest BCUT2D eigenvalue weighted by atomic mass is 35.5. The fourth-order valence-corrected chi connectivity index (χ4v) is 2.40. The van der Waals surface area contributed by atoms with Crippen LogP contribution < -0.4 is 0 Å². The molecule has 1 atom stereocenters. The molecule has 3 nitrogen and oxygen atoms in total. The smallest absolute Gasteiger partial charge is 0.379 e. The molecule has 1 aromatic carbocycles. The van der Waals surface area contributed by atoms with Crippen molar-refractivity contribution in [1.29, 1.82) is 0 Å². The minimum absolute atomic E-state index is 0.234. The van der Waals surface area contributed by atoms with Gasteiger partial charge in [0.25, 0.3) is 0 Å². The molecule has 0 saturated heterocycles. The molecule has 0 aliphatic carbocycles. The number of nitrogens with zero attached hydrogens (tertiary/aromatic N) is 2. The molecule has 0 bridgehead atoms. The van der Waals surface area contributed by atoms with Gasteiger partial charge in [-0.15, -0.1) is 0 Å². The van der Waals surface area contributed by atoms with Gasteiger partial charge in [-0.2, -0.15) is 31.4 Å². The maximum atomic E-state index is 12.6. The van der Waals surface area contributed by atoms with Crippen LogP contribution in [0.25, 0.3) is 5.69 Å². The van der Waals surface area contributed by atoms with E-state index in [1.165, 1.54) is 0 Å². The molecule has 2 rings (SSSR count). The fourth-order valence-electron chi connectivity index (χ4n) is 1.74. The summed E-state index contributed by atoms with van der Waals surface area (Å²) in [5, 5.41) is 11.7. The van der Waals surface area contributed by atoms with E-state index in [0.29, 0.717) is 18.3 Å². The molecule has 0 spiro atoms. The second kappa shape index (κ2) is 5.88. The summed E-state index contributed by atoms with van der Waals surface area (Å²) in [6.07, 6.45) is -10.9. The van der Waals surface area contributed by atoms with E-state index >= 15 is 0 Å². The highest BCUT2D eigenvalue weighted by Gasteiger charge is 2.40. The first kappa shape index (κ1) is 17.9. The van der Waals surface area contributed by atoms with E-state index in [2.05, 4.69) is 5.10 Å². The monoisotopic (exact) mass is 378 g/mol. The summed E-state index contributed by atoms with van der Waals surface area (Å²) >= 11 is 11.4. The molecule has 2 aromatic rings. The number of alkyl halides is 6. The number of aromatic nitrogens is 2. The van der Waals surface area contributed by atoms with Gasteiger partial charge in [0.15, 0.2) is 6.10 Å². The zero-order chi connectivity index (χ0) is 17.6. The lowest BCUT2D eigenvalue weighted by Crippen LogP contribution is -2.19. The van der Waals surface area contributed by atoms with Crippen LogP contribution in [0.3, 0.4) is 0 Å². The number of hydrogen-bond donors (Lipinski definition) is 1. The first-order chi connectivity index (χ1) is 10.4. The molecule has 0 aliphatic rings. The van der Waals surface area contributed by atoms with Gasteiger partial charge >= 0.3 is 12.4 Å². The average molecular weight is 379 g/mol. The van der Waals surface area contributed by atoms with Crippen molar-refractivity contribution in [2.24, 2.45) is 0 Å². The summed E-state index contributed by atoms with van der Waals surface area (Å²) in [6.45, 7) is 0. The van der Waals surface area contributed by atoms with Gasteiger partial charge in [0.1, 0.15) is 5.69 Å². The molecule has 11 heteroatoms. The van der Waals surface area contributed by atoms with Crippen LogP contribution in [-0.2, 0) is 6.18 Å². The van der Waals surface area contributed by atoms with Crippen molar-refractivity contribution < 1.29 is 31.4 Å².